The predicted molar refractivity (Wildman–Crippen MR) is 166 cm³/mol. The topological polar surface area (TPSA) is 196 Å². The minimum absolute atomic E-state index is 0.0743. The van der Waals surface area contributed by atoms with E-state index < -0.39 is 60.1 Å². The molecule has 4 N–H and O–H groups in total. The van der Waals surface area contributed by atoms with E-state index in [1.165, 1.54) is 33.7 Å². The summed E-state index contributed by atoms with van der Waals surface area (Å²) in [5.74, 6) is -0.673. The van der Waals surface area contributed by atoms with Gasteiger partial charge in [-0.1, -0.05) is 36.4 Å². The van der Waals surface area contributed by atoms with Crippen LogP contribution in [0.3, 0.4) is 0 Å². The second-order valence-corrected chi connectivity index (χ2v) is 11.0. The third-order valence-corrected chi connectivity index (χ3v) is 7.87. The first-order valence-corrected chi connectivity index (χ1v) is 14.9. The fourth-order valence-corrected chi connectivity index (χ4v) is 5.42. The number of amides is 2. The van der Waals surface area contributed by atoms with Gasteiger partial charge in [-0.3, -0.25) is 18.7 Å². The lowest BCUT2D eigenvalue weighted by molar-refractivity contribution is -0.102. The van der Waals surface area contributed by atoms with Crippen molar-refractivity contribution < 1.29 is 34.0 Å². The average Bonchev–Trinajstić information content (AvgIpc) is 3.67. The van der Waals surface area contributed by atoms with Gasteiger partial charge in [-0.15, -0.1) is 0 Å². The van der Waals surface area contributed by atoms with Crippen LogP contribution in [0.5, 0.6) is 0 Å². The lowest BCUT2D eigenvalue weighted by atomic mass is 10.1. The van der Waals surface area contributed by atoms with E-state index in [1.807, 2.05) is 0 Å². The summed E-state index contributed by atoms with van der Waals surface area (Å²) in [7, 11) is 0. The number of hydrogen-bond donors (Lipinski definition) is 4. The number of benzene rings is 2. The summed E-state index contributed by atoms with van der Waals surface area (Å²) in [6.07, 6.45) is -1.69. The quantitative estimate of drug-likeness (QED) is 0.194. The second-order valence-electron chi connectivity index (χ2n) is 11.0. The van der Waals surface area contributed by atoms with E-state index in [4.69, 9.17) is 14.2 Å². The fourth-order valence-electron chi connectivity index (χ4n) is 5.42. The lowest BCUT2D eigenvalue weighted by Crippen LogP contribution is -2.34. The van der Waals surface area contributed by atoms with Crippen LogP contribution >= 0.6 is 0 Å². The number of carbonyl (C=O) groups excluding carboxylic acids is 2. The predicted octanol–water partition coefficient (Wildman–Crippen LogP) is 1.32. The molecule has 2 saturated heterocycles. The van der Waals surface area contributed by atoms with Gasteiger partial charge in [-0.25, -0.2) is 9.59 Å². The Balaban J connectivity index is 1.04. The van der Waals surface area contributed by atoms with Crippen molar-refractivity contribution in [1.82, 2.24) is 19.1 Å². The zero-order valence-electron chi connectivity index (χ0n) is 24.9. The van der Waals surface area contributed by atoms with Crippen molar-refractivity contribution in [3.63, 3.8) is 0 Å². The number of hydrogen-bond acceptors (Lipinski definition) is 11. The number of ether oxygens (including phenoxy) is 3. The second kappa shape index (κ2) is 14.1. The molecule has 2 aromatic heterocycles. The van der Waals surface area contributed by atoms with Crippen LogP contribution in [-0.4, -0.2) is 78.8 Å². The lowest BCUT2D eigenvalue weighted by Gasteiger charge is -2.21. The molecule has 2 unspecified atom stereocenters. The molecule has 244 valence electrons. The molecule has 0 radical (unpaired) electrons. The Labute approximate surface area is 267 Å². The Hall–Kier alpha value is -5.06. The van der Waals surface area contributed by atoms with Crippen molar-refractivity contribution in [2.24, 2.45) is 0 Å². The van der Waals surface area contributed by atoms with Crippen LogP contribution in [0.1, 0.15) is 46.0 Å². The van der Waals surface area contributed by atoms with Crippen molar-refractivity contribution in [1.29, 1.82) is 0 Å². The van der Waals surface area contributed by atoms with Gasteiger partial charge in [0.25, 0.3) is 11.8 Å². The van der Waals surface area contributed by atoms with Gasteiger partial charge in [0.15, 0.2) is 0 Å². The van der Waals surface area contributed by atoms with Gasteiger partial charge in [0.1, 0.15) is 36.3 Å². The molecule has 6 rings (SSSR count). The molecule has 4 heterocycles. The van der Waals surface area contributed by atoms with Gasteiger partial charge in [0, 0.05) is 36.4 Å². The molecular formula is C32H32N6O9. The maximum Gasteiger partial charge on any atom is 0.351 e. The summed E-state index contributed by atoms with van der Waals surface area (Å²) in [4.78, 5) is 58.2. The Morgan fingerprint density at radius 3 is 1.74 bits per heavy atom. The van der Waals surface area contributed by atoms with Gasteiger partial charge in [-0.2, -0.15) is 9.97 Å². The molecule has 15 nitrogen and oxygen atoms in total. The van der Waals surface area contributed by atoms with E-state index in [0.717, 1.165) is 0 Å². The van der Waals surface area contributed by atoms with Crippen LogP contribution in [0.15, 0.2) is 94.8 Å². The van der Waals surface area contributed by atoms with Gasteiger partial charge >= 0.3 is 11.4 Å². The number of carbonyl (C=O) groups is 2. The molecule has 4 aromatic rings. The summed E-state index contributed by atoms with van der Waals surface area (Å²) in [6, 6.07) is 19.9. The Bertz CT molecular complexity index is 1830. The van der Waals surface area contributed by atoms with Crippen molar-refractivity contribution in [2.45, 2.75) is 49.7 Å². The van der Waals surface area contributed by atoms with E-state index in [-0.39, 0.29) is 37.7 Å². The minimum atomic E-state index is -0.972. The average molecular weight is 645 g/mol. The van der Waals surface area contributed by atoms with Gasteiger partial charge < -0.3 is 35.1 Å². The SMILES string of the molecule is O=C(Nc1ccn([C@H]2CC(O)[C@@H](COC3C[C@H](n4ccc(NC(=O)c5ccccc5)nc4=O)O[C@@H]3CO)O2)c(=O)n1)c1ccccc1. The van der Waals surface area contributed by atoms with Crippen LogP contribution in [-0.2, 0) is 14.2 Å². The molecule has 0 spiro atoms. The standard InChI is InChI=1S/C32H32N6O9/c39-17-23-22(16-28(46-23)38-14-12-26(36-32(38)44)34-30(42)20-9-5-2-6-10-20)45-18-24-21(40)15-27(47-24)37-13-11-25(35-31(37)43)33-29(41)19-7-3-1-4-8-19/h1-14,21-24,27-28,39-40H,15-18H2,(H,33,35,41,43)(H,34,36,42,44)/t21?,22?,23-,24-,27-,28-/m1/s1. The first-order valence-electron chi connectivity index (χ1n) is 14.9. The van der Waals surface area contributed by atoms with Crippen LogP contribution in [0.25, 0.3) is 0 Å². The molecule has 6 atom stereocenters. The van der Waals surface area contributed by atoms with Gasteiger partial charge in [-0.05, 0) is 36.4 Å². The Morgan fingerprint density at radius 1 is 0.766 bits per heavy atom. The highest BCUT2D eigenvalue weighted by molar-refractivity contribution is 6.04. The summed E-state index contributed by atoms with van der Waals surface area (Å²) < 4.78 is 20.2. The van der Waals surface area contributed by atoms with Crippen LogP contribution in [0.4, 0.5) is 11.6 Å². The molecular weight excluding hydrogens is 612 g/mol. The number of anilines is 2. The molecule has 0 saturated carbocycles. The number of rotatable bonds is 10. The summed E-state index contributed by atoms with van der Waals surface area (Å²) >= 11 is 0. The summed E-state index contributed by atoms with van der Waals surface area (Å²) in [6.45, 7) is -0.473. The molecule has 2 fully saturated rings. The minimum Gasteiger partial charge on any atom is -0.394 e. The number of aliphatic hydroxyl groups excluding tert-OH is 2. The van der Waals surface area contributed by atoms with Crippen molar-refractivity contribution in [3.05, 3.63) is 117 Å². The van der Waals surface area contributed by atoms with Crippen LogP contribution in [0, 0.1) is 0 Å². The Morgan fingerprint density at radius 2 is 1.26 bits per heavy atom. The molecule has 2 amide bonds. The zero-order chi connectivity index (χ0) is 32.9. The number of aromatic nitrogens is 4. The highest BCUT2D eigenvalue weighted by atomic mass is 16.6. The normalized spacial score (nSPS) is 23.8. The Kier molecular flexibility index (Phi) is 9.60. The first kappa shape index (κ1) is 31.9. The smallest absolute Gasteiger partial charge is 0.351 e. The van der Waals surface area contributed by atoms with Crippen molar-refractivity contribution in [2.75, 3.05) is 23.8 Å². The maximum absolute atomic E-state index is 12.8. The van der Waals surface area contributed by atoms with E-state index >= 15 is 0 Å². The first-order chi connectivity index (χ1) is 22.8. The highest BCUT2D eigenvalue weighted by Gasteiger charge is 2.40. The molecule has 2 aliphatic heterocycles. The molecule has 0 aliphatic carbocycles. The van der Waals surface area contributed by atoms with E-state index in [0.29, 0.717) is 11.1 Å². The van der Waals surface area contributed by atoms with E-state index in [2.05, 4.69) is 20.6 Å². The van der Waals surface area contributed by atoms with Crippen LogP contribution in [0.2, 0.25) is 0 Å². The van der Waals surface area contributed by atoms with Crippen molar-refractivity contribution >= 4 is 23.5 Å². The van der Waals surface area contributed by atoms with Gasteiger partial charge in [0.05, 0.1) is 25.4 Å². The van der Waals surface area contributed by atoms with Gasteiger partial charge in [0.2, 0.25) is 0 Å². The van der Waals surface area contributed by atoms with E-state index in [1.54, 1.807) is 60.7 Å². The maximum atomic E-state index is 12.8. The molecule has 2 aliphatic rings. The molecule has 47 heavy (non-hydrogen) atoms. The molecule has 0 bridgehead atoms. The number of nitrogens with zero attached hydrogens (tertiary/aromatic N) is 4. The van der Waals surface area contributed by atoms with E-state index in [9.17, 15) is 29.4 Å². The number of nitrogens with one attached hydrogen (secondary N) is 2. The molecule has 15 heteroatoms. The van der Waals surface area contributed by atoms with Crippen LogP contribution < -0.4 is 22.0 Å². The largest absolute Gasteiger partial charge is 0.394 e. The zero-order valence-corrected chi connectivity index (χ0v) is 24.9. The summed E-state index contributed by atoms with van der Waals surface area (Å²) in [5, 5.41) is 25.8. The monoisotopic (exact) mass is 644 g/mol. The van der Waals surface area contributed by atoms with Crippen molar-refractivity contribution in [3.8, 4) is 0 Å². The number of aliphatic hydroxyl groups is 2. The third-order valence-electron chi connectivity index (χ3n) is 7.87. The fraction of sp³-hybridized carbons (Fsp3) is 0.312. The highest BCUT2D eigenvalue weighted by Crippen LogP contribution is 2.32. The molecule has 2 aromatic carbocycles. The summed E-state index contributed by atoms with van der Waals surface area (Å²) in [5.41, 5.74) is -0.513. The third kappa shape index (κ3) is 7.34.